The molecule has 0 saturated heterocycles. The predicted octanol–water partition coefficient (Wildman–Crippen LogP) is 3.59. The summed E-state index contributed by atoms with van der Waals surface area (Å²) in [5.74, 6) is 26.1. The summed E-state index contributed by atoms with van der Waals surface area (Å²) >= 11 is 0. The molecule has 54 heavy (non-hydrogen) atoms. The van der Waals surface area contributed by atoms with Crippen LogP contribution in [-0.2, 0) is 13.1 Å². The van der Waals surface area contributed by atoms with Crippen molar-refractivity contribution in [1.82, 2.24) is 9.97 Å². The van der Waals surface area contributed by atoms with Gasteiger partial charge in [-0.05, 0) is 74.9 Å². The van der Waals surface area contributed by atoms with E-state index in [1.807, 2.05) is 24.3 Å². The van der Waals surface area contributed by atoms with E-state index < -0.39 is 0 Å². The Bertz CT molecular complexity index is 1690. The Hall–Kier alpha value is -3.70. The van der Waals surface area contributed by atoms with E-state index >= 15 is 0 Å². The van der Waals surface area contributed by atoms with Crippen molar-refractivity contribution in [2.45, 2.75) is 129 Å². The number of unbranched alkanes of at least 4 members (excludes halogenated alkanes) is 5. The molecule has 0 spiro atoms. The van der Waals surface area contributed by atoms with Crippen molar-refractivity contribution in [2.24, 2.45) is 0 Å². The standard InChI is InChI=1S/C28H36N2.C20H20N2.2HI/c1-2-4-8-12-18-28-20-16-24-30(26-28)22-14-10-6-5-9-13-21-29-23-15-19-27(25-29)17-11-7-3-1;1(3-5-7-11-19-13-9-15-21-17-19)2-4-6-8-12-20-14-10-16-22-18-20;;/h15-16,19-20,23-26H,1-10,13-14,21-22H2;9-10,13-18H,1-6H2;2*1H/q+2;;;/p-2. The highest BCUT2D eigenvalue weighted by atomic mass is 127. The topological polar surface area (TPSA) is 33.5 Å². The van der Waals surface area contributed by atoms with Crippen LogP contribution in [0.2, 0.25) is 0 Å². The molecule has 4 nitrogen and oxygen atoms in total. The van der Waals surface area contributed by atoms with Gasteiger partial charge in [0, 0.05) is 86.6 Å². The molecule has 1 aliphatic rings. The van der Waals surface area contributed by atoms with Crippen LogP contribution in [0.1, 0.15) is 138 Å². The van der Waals surface area contributed by atoms with Gasteiger partial charge in [0.2, 0.25) is 0 Å². The second-order valence-electron chi connectivity index (χ2n) is 13.3. The first-order valence-corrected chi connectivity index (χ1v) is 19.6. The molecule has 282 valence electrons. The fourth-order valence-electron chi connectivity index (χ4n) is 5.86. The number of fused-ring (bicyclic) bond motifs is 4. The number of hydrogen-bond acceptors (Lipinski definition) is 2. The first-order chi connectivity index (χ1) is 25.8. The summed E-state index contributed by atoms with van der Waals surface area (Å²) in [5, 5.41) is 0. The van der Waals surface area contributed by atoms with Gasteiger partial charge in [0.1, 0.15) is 13.1 Å². The Morgan fingerprint density at radius 2 is 0.963 bits per heavy atom. The average Bonchev–Trinajstić information content (AvgIpc) is 3.18. The third-order valence-electron chi connectivity index (χ3n) is 8.76. The highest BCUT2D eigenvalue weighted by Crippen LogP contribution is 2.08. The zero-order valence-corrected chi connectivity index (χ0v) is 36.2. The fraction of sp³-hybridized carbons (Fsp3) is 0.417. The van der Waals surface area contributed by atoms with Crippen LogP contribution >= 0.6 is 0 Å². The number of rotatable bonds is 5. The van der Waals surface area contributed by atoms with Gasteiger partial charge >= 0.3 is 0 Å². The van der Waals surface area contributed by atoms with Crippen LogP contribution in [0.5, 0.6) is 0 Å². The van der Waals surface area contributed by atoms with Gasteiger partial charge in [-0.3, -0.25) is 9.97 Å². The van der Waals surface area contributed by atoms with Gasteiger partial charge < -0.3 is 48.0 Å². The van der Waals surface area contributed by atoms with Crippen LogP contribution in [0.4, 0.5) is 0 Å². The van der Waals surface area contributed by atoms with Crippen LogP contribution in [0.3, 0.4) is 0 Å². The molecule has 0 N–H and O–H groups in total. The molecule has 5 heterocycles. The molecular formula is C48H56I2N4. The van der Waals surface area contributed by atoms with E-state index in [1.165, 1.54) is 77.0 Å². The van der Waals surface area contributed by atoms with Crippen molar-refractivity contribution < 1.29 is 57.1 Å². The Labute approximate surface area is 360 Å². The van der Waals surface area contributed by atoms with Crippen LogP contribution in [-0.4, -0.2) is 9.97 Å². The summed E-state index contributed by atoms with van der Waals surface area (Å²) in [4.78, 5) is 8.09. The number of aryl methyl sites for hydroxylation is 2. The van der Waals surface area contributed by atoms with E-state index in [1.54, 1.807) is 24.8 Å². The third kappa shape index (κ3) is 22.5. The van der Waals surface area contributed by atoms with Crippen molar-refractivity contribution in [2.75, 3.05) is 0 Å². The monoisotopic (exact) mass is 942 g/mol. The van der Waals surface area contributed by atoms with Crippen molar-refractivity contribution in [3.63, 3.8) is 0 Å². The maximum absolute atomic E-state index is 4.04. The summed E-state index contributed by atoms with van der Waals surface area (Å²) < 4.78 is 4.60. The lowest BCUT2D eigenvalue weighted by Crippen LogP contribution is -3.00. The zero-order valence-electron chi connectivity index (χ0n) is 31.9. The maximum atomic E-state index is 4.04. The quantitative estimate of drug-likeness (QED) is 0.133. The Morgan fingerprint density at radius 1 is 0.519 bits per heavy atom. The predicted molar refractivity (Wildman–Crippen MR) is 212 cm³/mol. The highest BCUT2D eigenvalue weighted by Gasteiger charge is 2.04. The smallest absolute Gasteiger partial charge is 0.184 e. The number of hydrogen-bond donors (Lipinski definition) is 0. The first kappa shape index (κ1) is 46.5. The van der Waals surface area contributed by atoms with Crippen LogP contribution < -0.4 is 57.1 Å². The van der Waals surface area contributed by atoms with E-state index in [4.69, 9.17) is 0 Å². The largest absolute Gasteiger partial charge is 1.00 e. The van der Waals surface area contributed by atoms with Gasteiger partial charge in [0.05, 0.1) is 11.1 Å². The zero-order chi connectivity index (χ0) is 36.0. The Balaban J connectivity index is 0.000000376. The van der Waals surface area contributed by atoms with Crippen molar-refractivity contribution in [3.05, 3.63) is 120 Å². The molecule has 1 aliphatic heterocycles. The lowest BCUT2D eigenvalue weighted by molar-refractivity contribution is -0.697. The Morgan fingerprint density at radius 3 is 1.41 bits per heavy atom. The van der Waals surface area contributed by atoms with E-state index in [2.05, 4.69) is 116 Å². The van der Waals surface area contributed by atoms with E-state index in [0.717, 1.165) is 73.9 Å². The summed E-state index contributed by atoms with van der Waals surface area (Å²) in [7, 11) is 0. The molecule has 4 aromatic rings. The summed E-state index contributed by atoms with van der Waals surface area (Å²) in [6.07, 6.45) is 37.2. The van der Waals surface area contributed by atoms with Gasteiger partial charge in [-0.1, -0.05) is 85.9 Å². The van der Waals surface area contributed by atoms with Crippen molar-refractivity contribution in [1.29, 1.82) is 0 Å². The number of aromatic nitrogens is 4. The molecule has 4 aromatic heterocycles. The summed E-state index contributed by atoms with van der Waals surface area (Å²) in [6.45, 7) is 2.19. The van der Waals surface area contributed by atoms with E-state index in [-0.39, 0.29) is 48.0 Å². The second-order valence-corrected chi connectivity index (χ2v) is 13.3. The summed E-state index contributed by atoms with van der Waals surface area (Å²) in [6, 6.07) is 16.3. The lowest BCUT2D eigenvalue weighted by atomic mass is 10.1. The van der Waals surface area contributed by atoms with Crippen molar-refractivity contribution >= 4 is 0 Å². The Kier molecular flexibility index (Phi) is 27.2. The molecule has 6 heteroatoms. The minimum absolute atomic E-state index is 0. The minimum atomic E-state index is 0. The molecule has 0 fully saturated rings. The van der Waals surface area contributed by atoms with Gasteiger partial charge in [0.15, 0.2) is 24.8 Å². The van der Waals surface area contributed by atoms with Gasteiger partial charge in [0.25, 0.3) is 0 Å². The second kappa shape index (κ2) is 31.6. The van der Waals surface area contributed by atoms with Crippen LogP contribution in [0.15, 0.2) is 98.1 Å². The van der Waals surface area contributed by atoms with E-state index in [0.29, 0.717) is 0 Å². The molecule has 0 atom stereocenters. The minimum Gasteiger partial charge on any atom is -1.00 e. The van der Waals surface area contributed by atoms with Crippen LogP contribution in [0, 0.1) is 47.4 Å². The van der Waals surface area contributed by atoms with Gasteiger partial charge in [-0.2, -0.15) is 0 Å². The number of halogens is 2. The van der Waals surface area contributed by atoms with E-state index in [9.17, 15) is 0 Å². The van der Waals surface area contributed by atoms with Gasteiger partial charge in [-0.25, -0.2) is 9.13 Å². The molecule has 0 amide bonds. The van der Waals surface area contributed by atoms with Crippen molar-refractivity contribution in [3.8, 4) is 47.4 Å². The highest BCUT2D eigenvalue weighted by molar-refractivity contribution is 5.32. The first-order valence-electron chi connectivity index (χ1n) is 19.6. The molecule has 4 bridgehead atoms. The fourth-order valence-corrected chi connectivity index (χ4v) is 5.86. The maximum Gasteiger partial charge on any atom is 0.184 e. The molecule has 0 saturated carbocycles. The lowest BCUT2D eigenvalue weighted by Gasteiger charge is -2.01. The average molecular weight is 943 g/mol. The molecular weight excluding hydrogens is 886 g/mol. The number of pyridine rings is 4. The normalized spacial score (nSPS) is 13.1. The van der Waals surface area contributed by atoms with Crippen LogP contribution in [0.25, 0.3) is 0 Å². The molecule has 0 aromatic carbocycles. The molecule has 0 radical (unpaired) electrons. The summed E-state index contributed by atoms with van der Waals surface area (Å²) in [5.41, 5.74) is 4.27. The van der Waals surface area contributed by atoms with Gasteiger partial charge in [-0.15, -0.1) is 0 Å². The molecule has 0 unspecified atom stereocenters. The molecule has 5 rings (SSSR count). The third-order valence-corrected chi connectivity index (χ3v) is 8.76. The SMILES string of the molecule is C(#Cc1cccnc1)CCCCCCC#Cc1cccnc1.C1#Cc2ccc[n+](c2)CCCCCCCC[n+]2cccc(c2)C#CCCCCCC1.[I-].[I-]. The number of nitrogens with zero attached hydrogens (tertiary/aromatic N) is 4. The molecule has 0 aliphatic carbocycles.